The van der Waals surface area contributed by atoms with Gasteiger partial charge < -0.3 is 50.9 Å². The third kappa shape index (κ3) is 5.70. The molecular formula is C39H43FN6O12. The highest BCUT2D eigenvalue weighted by Gasteiger charge is 2.66. The number of phenols is 1. The van der Waals surface area contributed by atoms with Gasteiger partial charge in [-0.25, -0.2) is 9.18 Å². The number of Topliss-reactive ketones (excluding diaryl/α,β-unsaturated/α-hetero) is 2. The Labute approximate surface area is 329 Å². The number of aliphatic hydroxyl groups excluding tert-OH is 2. The number of ether oxygens (including phenoxy) is 1. The van der Waals surface area contributed by atoms with Gasteiger partial charge in [0.05, 0.1) is 22.6 Å². The SMILES string of the molecule is CN(C)[C@@H]1C(=O)C(C(N)=O)=C(O)[C@@]2(O)C(=O)C3=C(O)c4c(O)cccc4[C@@](C)(O)[C@H]3C[C@@H]12.CN1CCN(c2c(F)cc3c(=O)c(C(=O)O)cn4c3c2OCN4C)CC1. The molecule has 3 heterocycles. The Hall–Kier alpha value is -6.02. The van der Waals surface area contributed by atoms with Crippen molar-refractivity contribution in [3.8, 4) is 11.5 Å². The molecule has 8 N–H and O–H groups in total. The number of hydrogen-bond donors (Lipinski definition) is 7. The molecule has 18 nitrogen and oxygen atoms in total. The molecule has 0 bridgehead atoms. The molecule has 2 aromatic carbocycles. The number of benzene rings is 2. The molecule has 1 amide bonds. The van der Waals surface area contributed by atoms with E-state index in [1.807, 2.05) is 11.9 Å². The zero-order valence-electron chi connectivity index (χ0n) is 32.2. The number of carboxylic acid groups (broad SMARTS) is 1. The van der Waals surface area contributed by atoms with E-state index < -0.39 is 97.7 Å². The molecule has 19 heteroatoms. The minimum absolute atomic E-state index is 0.00169. The van der Waals surface area contributed by atoms with Gasteiger partial charge in [0.15, 0.2) is 29.7 Å². The minimum atomic E-state index is -2.75. The number of hydrogen-bond acceptors (Lipinski definition) is 15. The molecule has 5 atom stereocenters. The lowest BCUT2D eigenvalue weighted by Gasteiger charge is -2.53. The van der Waals surface area contributed by atoms with E-state index in [0.717, 1.165) is 19.2 Å². The maximum Gasteiger partial charge on any atom is 0.341 e. The van der Waals surface area contributed by atoms with Gasteiger partial charge in [-0.3, -0.25) is 33.8 Å². The molecule has 3 aliphatic carbocycles. The number of pyridine rings is 1. The van der Waals surface area contributed by atoms with Gasteiger partial charge in [-0.15, -0.1) is 0 Å². The second kappa shape index (κ2) is 13.8. The predicted octanol–water partition coefficient (Wildman–Crippen LogP) is 0.137. The number of aromatic carboxylic acids is 1. The molecule has 3 aromatic rings. The summed E-state index contributed by atoms with van der Waals surface area (Å²) in [7, 11) is 6.72. The number of halogens is 1. The Morgan fingerprint density at radius 1 is 1.03 bits per heavy atom. The fraction of sp³-hybridized carbons (Fsp3) is 0.410. The number of likely N-dealkylation sites (N-methyl/N-ethyl adjacent to an activating group) is 2. The van der Waals surface area contributed by atoms with Crippen LogP contribution < -0.4 is 25.8 Å². The number of carboxylic acids is 1. The summed E-state index contributed by atoms with van der Waals surface area (Å²) in [6.45, 7) is 4.39. The zero-order valence-corrected chi connectivity index (χ0v) is 32.2. The van der Waals surface area contributed by atoms with E-state index >= 15 is 0 Å². The second-order valence-electron chi connectivity index (χ2n) is 15.6. The summed E-state index contributed by atoms with van der Waals surface area (Å²) >= 11 is 0. The van der Waals surface area contributed by atoms with Crippen molar-refractivity contribution in [2.45, 2.75) is 30.6 Å². The molecule has 0 radical (unpaired) electrons. The molecule has 2 fully saturated rings. The lowest BCUT2D eigenvalue weighted by Crippen LogP contribution is -2.67. The summed E-state index contributed by atoms with van der Waals surface area (Å²) in [5, 5.41) is 65.8. The first-order valence-electron chi connectivity index (χ1n) is 18.3. The van der Waals surface area contributed by atoms with Crippen molar-refractivity contribution in [3.05, 3.63) is 80.1 Å². The number of anilines is 1. The van der Waals surface area contributed by atoms with Crippen LogP contribution in [0.3, 0.4) is 0 Å². The number of rotatable bonds is 4. The van der Waals surface area contributed by atoms with Gasteiger partial charge in [-0.05, 0) is 52.2 Å². The average Bonchev–Trinajstić information content (AvgIpc) is 3.14. The number of phenolic OH excluding ortho intramolecular Hbond substituents is 1. The third-order valence-electron chi connectivity index (χ3n) is 12.0. The highest BCUT2D eigenvalue weighted by atomic mass is 19.1. The van der Waals surface area contributed by atoms with E-state index in [4.69, 9.17) is 10.5 Å². The first-order chi connectivity index (χ1) is 27.2. The molecular weight excluding hydrogens is 763 g/mol. The van der Waals surface area contributed by atoms with Gasteiger partial charge >= 0.3 is 5.97 Å². The van der Waals surface area contributed by atoms with E-state index in [1.54, 1.807) is 16.7 Å². The Kier molecular flexibility index (Phi) is 9.58. The lowest BCUT2D eigenvalue weighted by molar-refractivity contribution is -0.159. The van der Waals surface area contributed by atoms with Crippen molar-refractivity contribution in [2.24, 2.45) is 17.6 Å². The molecule has 2 aliphatic heterocycles. The summed E-state index contributed by atoms with van der Waals surface area (Å²) in [6, 6.07) is 4.14. The van der Waals surface area contributed by atoms with Crippen LogP contribution in [0.2, 0.25) is 0 Å². The molecule has 1 saturated heterocycles. The molecule has 1 saturated carbocycles. The summed E-state index contributed by atoms with van der Waals surface area (Å²) < 4.78 is 22.3. The number of aromatic nitrogens is 1. The van der Waals surface area contributed by atoms with Crippen LogP contribution in [-0.4, -0.2) is 141 Å². The molecule has 58 heavy (non-hydrogen) atoms. The number of piperazine rings is 1. The van der Waals surface area contributed by atoms with Crippen LogP contribution in [0.25, 0.3) is 16.7 Å². The van der Waals surface area contributed by atoms with Gasteiger partial charge in [-0.1, -0.05) is 12.1 Å². The number of fused-ring (bicyclic) bond motifs is 3. The van der Waals surface area contributed by atoms with Crippen LogP contribution >= 0.6 is 0 Å². The van der Waals surface area contributed by atoms with Gasteiger partial charge in [0.25, 0.3) is 5.91 Å². The molecule has 0 spiro atoms. The van der Waals surface area contributed by atoms with Gasteiger partial charge in [0.1, 0.15) is 39.6 Å². The highest BCUT2D eigenvalue weighted by molar-refractivity contribution is 6.24. The first-order valence-corrected chi connectivity index (χ1v) is 18.3. The van der Waals surface area contributed by atoms with Crippen LogP contribution in [0, 0.1) is 17.7 Å². The normalized spacial score (nSPS) is 26.8. The van der Waals surface area contributed by atoms with Crippen molar-refractivity contribution in [1.82, 2.24) is 14.5 Å². The van der Waals surface area contributed by atoms with Gasteiger partial charge in [-0.2, -0.15) is 0 Å². The number of amides is 1. The van der Waals surface area contributed by atoms with Gasteiger partial charge in [0.2, 0.25) is 11.2 Å². The summed E-state index contributed by atoms with van der Waals surface area (Å²) in [4.78, 5) is 68.0. The quantitative estimate of drug-likeness (QED) is 0.173. The molecule has 8 rings (SSSR count). The molecule has 0 unspecified atom stereocenters. The fourth-order valence-corrected chi connectivity index (χ4v) is 9.00. The second-order valence-corrected chi connectivity index (χ2v) is 15.6. The van der Waals surface area contributed by atoms with Crippen LogP contribution in [0.4, 0.5) is 10.1 Å². The monoisotopic (exact) mass is 806 g/mol. The minimum Gasteiger partial charge on any atom is -0.508 e. The number of ketones is 2. The summed E-state index contributed by atoms with van der Waals surface area (Å²) in [5.41, 5.74) is -0.941. The third-order valence-corrected chi connectivity index (χ3v) is 12.0. The van der Waals surface area contributed by atoms with E-state index in [9.17, 15) is 59.0 Å². The maximum atomic E-state index is 15.0. The first kappa shape index (κ1) is 40.2. The van der Waals surface area contributed by atoms with Crippen molar-refractivity contribution in [2.75, 3.05) is 71.0 Å². The van der Waals surface area contributed by atoms with Crippen molar-refractivity contribution >= 4 is 45.8 Å². The Morgan fingerprint density at radius 3 is 2.29 bits per heavy atom. The number of aliphatic hydroxyl groups is 4. The Balaban J connectivity index is 0.000000180. The molecule has 1 aromatic heterocycles. The number of nitrogens with zero attached hydrogens (tertiary/aromatic N) is 5. The Morgan fingerprint density at radius 2 is 1.69 bits per heavy atom. The molecule has 308 valence electrons. The van der Waals surface area contributed by atoms with Crippen molar-refractivity contribution in [1.29, 1.82) is 0 Å². The number of primary amides is 1. The number of carbonyl (C=O) groups is 4. The average molecular weight is 807 g/mol. The number of aromatic hydroxyl groups is 1. The number of nitrogens with two attached hydrogens (primary N) is 1. The lowest BCUT2D eigenvalue weighted by atomic mass is 9.54. The van der Waals surface area contributed by atoms with Gasteiger partial charge in [0, 0.05) is 56.8 Å². The number of carbonyl (C=O) groups excluding carboxylic acids is 3. The standard InChI is InChI=1S/C22H24N2O8.C17H19FN4O4/c1-21(31)8-5-4-6-11(25)12(8)16(26)13-9(21)7-10-15(24(2)3)17(27)14(20(23)30)19(29)22(10,32)18(13)28;1-19-3-5-21(6-4-19)14-12(18)7-10-13-16(14)26-9-20(2)22(13)8-11(15(10)23)17(24)25/h4-6,9-10,15,25-26,29,31-32H,7H2,1-3H3,(H2,23,30);7-8H,3-6,9H2,1-2H3,(H,24,25)/t9-,10-,15-,21+,22-;/m0./s1. The van der Waals surface area contributed by atoms with Crippen molar-refractivity contribution in [3.63, 3.8) is 0 Å². The van der Waals surface area contributed by atoms with E-state index in [2.05, 4.69) is 4.90 Å². The predicted molar refractivity (Wildman–Crippen MR) is 205 cm³/mol. The van der Waals surface area contributed by atoms with Crippen LogP contribution in [-0.2, 0) is 20.0 Å². The largest absolute Gasteiger partial charge is 0.508 e. The smallest absolute Gasteiger partial charge is 0.341 e. The van der Waals surface area contributed by atoms with E-state index in [1.165, 1.54) is 50.3 Å². The van der Waals surface area contributed by atoms with E-state index in [-0.39, 0.29) is 35.4 Å². The summed E-state index contributed by atoms with van der Waals surface area (Å²) in [5.74, 6) is -9.53. The van der Waals surface area contributed by atoms with Crippen molar-refractivity contribution < 1.29 is 58.9 Å². The van der Waals surface area contributed by atoms with Crippen LogP contribution in [0.5, 0.6) is 11.5 Å². The Bertz CT molecular complexity index is 2450. The van der Waals surface area contributed by atoms with Crippen LogP contribution in [0.15, 0.2) is 52.2 Å². The zero-order chi connectivity index (χ0) is 42.5. The maximum absolute atomic E-state index is 15.0. The fourth-order valence-electron chi connectivity index (χ4n) is 9.00. The highest BCUT2D eigenvalue weighted by Crippen LogP contribution is 2.57. The van der Waals surface area contributed by atoms with E-state index in [0.29, 0.717) is 24.3 Å². The topological polar surface area (TPSA) is 260 Å². The van der Waals surface area contributed by atoms with Crippen LogP contribution in [0.1, 0.15) is 34.8 Å². The molecule has 5 aliphatic rings. The summed E-state index contributed by atoms with van der Waals surface area (Å²) in [6.07, 6.45) is 1.07.